The van der Waals surface area contributed by atoms with Crippen LogP contribution in [0.2, 0.25) is 0 Å². The van der Waals surface area contributed by atoms with Gasteiger partial charge in [0.2, 0.25) is 10.0 Å². The van der Waals surface area contributed by atoms with Gasteiger partial charge in [-0.3, -0.25) is 0 Å². The normalized spacial score (nSPS) is 19.7. The van der Waals surface area contributed by atoms with Crippen molar-refractivity contribution in [3.8, 4) is 0 Å². The lowest BCUT2D eigenvalue weighted by Gasteiger charge is -2.23. The molecule has 1 aliphatic rings. The zero-order valence-corrected chi connectivity index (χ0v) is 12.7. The smallest absolute Gasteiger partial charge is 0.241 e. The van der Waals surface area contributed by atoms with E-state index in [0.29, 0.717) is 11.4 Å². The molecular weight excluding hydrogens is 284 g/mol. The van der Waals surface area contributed by atoms with Crippen LogP contribution in [-0.2, 0) is 10.0 Å². The summed E-state index contributed by atoms with van der Waals surface area (Å²) in [5.74, 6) is 0. The van der Waals surface area contributed by atoms with Crippen molar-refractivity contribution in [1.82, 2.24) is 10.0 Å². The van der Waals surface area contributed by atoms with Crippen molar-refractivity contribution in [2.24, 2.45) is 0 Å². The molecule has 3 rings (SSSR count). The van der Waals surface area contributed by atoms with Gasteiger partial charge in [0.15, 0.2) is 0 Å². The first-order valence-corrected chi connectivity index (χ1v) is 8.86. The van der Waals surface area contributed by atoms with E-state index in [1.807, 2.05) is 30.3 Å². The van der Waals surface area contributed by atoms with Crippen LogP contribution in [0.15, 0.2) is 47.4 Å². The standard InChI is InChI=1S/C16H20N2O2S/c19-21(20,18-12-14-8-3-4-11-17-14)16-10-5-7-13-6-1-2-9-15(13)16/h1-2,5-7,9-10,14,17-18H,3-4,8,11-12H2. The highest BCUT2D eigenvalue weighted by Gasteiger charge is 2.20. The number of benzene rings is 2. The molecule has 0 saturated carbocycles. The summed E-state index contributed by atoms with van der Waals surface area (Å²) < 4.78 is 27.8. The first kappa shape index (κ1) is 14.5. The van der Waals surface area contributed by atoms with Gasteiger partial charge in [-0.15, -0.1) is 0 Å². The fraction of sp³-hybridized carbons (Fsp3) is 0.375. The average molecular weight is 304 g/mol. The van der Waals surface area contributed by atoms with Crippen LogP contribution in [0.1, 0.15) is 19.3 Å². The zero-order chi connectivity index (χ0) is 14.7. The highest BCUT2D eigenvalue weighted by molar-refractivity contribution is 7.89. The average Bonchev–Trinajstić information content (AvgIpc) is 2.53. The fourth-order valence-electron chi connectivity index (χ4n) is 2.82. The zero-order valence-electron chi connectivity index (χ0n) is 11.9. The predicted molar refractivity (Wildman–Crippen MR) is 84.8 cm³/mol. The summed E-state index contributed by atoms with van der Waals surface area (Å²) in [6, 6.07) is 13.2. The van der Waals surface area contributed by atoms with E-state index in [9.17, 15) is 8.42 Å². The third-order valence-corrected chi connectivity index (χ3v) is 5.45. The van der Waals surface area contributed by atoms with Gasteiger partial charge in [0.25, 0.3) is 0 Å². The lowest BCUT2D eigenvalue weighted by Crippen LogP contribution is -2.43. The molecule has 5 heteroatoms. The van der Waals surface area contributed by atoms with Crippen LogP contribution in [0, 0.1) is 0 Å². The Labute approximate surface area is 125 Å². The number of nitrogens with one attached hydrogen (secondary N) is 2. The van der Waals surface area contributed by atoms with Crippen LogP contribution in [0.5, 0.6) is 0 Å². The van der Waals surface area contributed by atoms with Crippen molar-refractivity contribution in [3.05, 3.63) is 42.5 Å². The summed E-state index contributed by atoms with van der Waals surface area (Å²) in [6.07, 6.45) is 3.36. The highest BCUT2D eigenvalue weighted by atomic mass is 32.2. The summed E-state index contributed by atoms with van der Waals surface area (Å²) in [6.45, 7) is 1.42. The third-order valence-electron chi connectivity index (χ3n) is 3.97. The molecule has 0 radical (unpaired) electrons. The molecule has 0 spiro atoms. The van der Waals surface area contributed by atoms with Gasteiger partial charge in [-0.2, -0.15) is 0 Å². The first-order chi connectivity index (χ1) is 10.2. The van der Waals surface area contributed by atoms with E-state index in [2.05, 4.69) is 10.0 Å². The summed E-state index contributed by atoms with van der Waals surface area (Å²) >= 11 is 0. The number of hydrogen-bond donors (Lipinski definition) is 2. The lowest BCUT2D eigenvalue weighted by molar-refractivity contribution is 0.398. The molecule has 2 N–H and O–H groups in total. The molecule has 2 aromatic rings. The van der Waals surface area contributed by atoms with Crippen molar-refractivity contribution in [2.45, 2.75) is 30.2 Å². The minimum atomic E-state index is -3.48. The second kappa shape index (κ2) is 6.13. The van der Waals surface area contributed by atoms with Gasteiger partial charge in [-0.1, -0.05) is 42.8 Å². The van der Waals surface area contributed by atoms with Gasteiger partial charge in [0.1, 0.15) is 0 Å². The van der Waals surface area contributed by atoms with E-state index in [0.717, 1.165) is 30.2 Å². The number of rotatable bonds is 4. The molecule has 1 heterocycles. The minimum absolute atomic E-state index is 0.239. The van der Waals surface area contributed by atoms with Gasteiger partial charge >= 0.3 is 0 Å². The maximum Gasteiger partial charge on any atom is 0.241 e. The van der Waals surface area contributed by atoms with Crippen LogP contribution in [0.3, 0.4) is 0 Å². The molecule has 112 valence electrons. The molecule has 1 atom stereocenters. The predicted octanol–water partition coefficient (Wildman–Crippen LogP) is 2.26. The lowest BCUT2D eigenvalue weighted by atomic mass is 10.1. The largest absolute Gasteiger partial charge is 0.313 e. The molecule has 21 heavy (non-hydrogen) atoms. The molecule has 0 aromatic heterocycles. The van der Waals surface area contributed by atoms with Crippen molar-refractivity contribution in [2.75, 3.05) is 13.1 Å². The fourth-order valence-corrected chi connectivity index (χ4v) is 4.13. The number of hydrogen-bond acceptors (Lipinski definition) is 3. The maximum absolute atomic E-state index is 12.5. The SMILES string of the molecule is O=S(=O)(NCC1CCCCN1)c1cccc2ccccc12. The molecule has 1 saturated heterocycles. The van der Waals surface area contributed by atoms with Crippen molar-refractivity contribution in [3.63, 3.8) is 0 Å². The van der Waals surface area contributed by atoms with E-state index in [4.69, 9.17) is 0 Å². The van der Waals surface area contributed by atoms with Crippen LogP contribution in [-0.4, -0.2) is 27.5 Å². The van der Waals surface area contributed by atoms with E-state index < -0.39 is 10.0 Å². The topological polar surface area (TPSA) is 58.2 Å². The number of piperidine rings is 1. The molecule has 0 amide bonds. The van der Waals surface area contributed by atoms with Crippen molar-refractivity contribution in [1.29, 1.82) is 0 Å². The molecular formula is C16H20N2O2S. The second-order valence-electron chi connectivity index (χ2n) is 5.48. The van der Waals surface area contributed by atoms with E-state index in [1.54, 1.807) is 12.1 Å². The minimum Gasteiger partial charge on any atom is -0.313 e. The van der Waals surface area contributed by atoms with Crippen LogP contribution >= 0.6 is 0 Å². The van der Waals surface area contributed by atoms with Gasteiger partial charge in [-0.05, 0) is 30.8 Å². The van der Waals surface area contributed by atoms with E-state index in [1.165, 1.54) is 6.42 Å². The van der Waals surface area contributed by atoms with Gasteiger partial charge < -0.3 is 5.32 Å². The summed E-state index contributed by atoms with van der Waals surface area (Å²) in [5.41, 5.74) is 0. The Bertz CT molecular complexity index is 717. The van der Waals surface area contributed by atoms with Crippen molar-refractivity contribution >= 4 is 20.8 Å². The summed E-state index contributed by atoms with van der Waals surface area (Å²) in [4.78, 5) is 0.358. The van der Waals surface area contributed by atoms with Crippen molar-refractivity contribution < 1.29 is 8.42 Å². The second-order valence-corrected chi connectivity index (χ2v) is 7.21. The van der Waals surface area contributed by atoms with Gasteiger partial charge in [0, 0.05) is 18.0 Å². The van der Waals surface area contributed by atoms with Gasteiger partial charge in [-0.25, -0.2) is 13.1 Å². The van der Waals surface area contributed by atoms with Crippen LogP contribution in [0.4, 0.5) is 0 Å². The molecule has 4 nitrogen and oxygen atoms in total. The van der Waals surface area contributed by atoms with Crippen LogP contribution in [0.25, 0.3) is 10.8 Å². The quantitative estimate of drug-likeness (QED) is 0.911. The maximum atomic E-state index is 12.5. The Balaban J connectivity index is 1.83. The summed E-state index contributed by atoms with van der Waals surface area (Å²) in [5, 5.41) is 5.06. The molecule has 0 bridgehead atoms. The van der Waals surface area contributed by atoms with E-state index in [-0.39, 0.29) is 6.04 Å². The molecule has 1 fully saturated rings. The Hall–Kier alpha value is -1.43. The Kier molecular flexibility index (Phi) is 4.24. The van der Waals surface area contributed by atoms with E-state index >= 15 is 0 Å². The van der Waals surface area contributed by atoms with Gasteiger partial charge in [0.05, 0.1) is 4.90 Å². The Morgan fingerprint density at radius 1 is 1.10 bits per heavy atom. The Morgan fingerprint density at radius 3 is 2.71 bits per heavy atom. The molecule has 2 aromatic carbocycles. The molecule has 1 unspecified atom stereocenters. The number of fused-ring (bicyclic) bond motifs is 1. The van der Waals surface area contributed by atoms with Crippen LogP contribution < -0.4 is 10.0 Å². The third kappa shape index (κ3) is 3.26. The highest BCUT2D eigenvalue weighted by Crippen LogP contribution is 2.22. The monoisotopic (exact) mass is 304 g/mol. The number of sulfonamides is 1. The summed E-state index contributed by atoms with van der Waals surface area (Å²) in [7, 11) is -3.48. The Morgan fingerprint density at radius 2 is 1.90 bits per heavy atom. The molecule has 0 aliphatic carbocycles. The molecule has 1 aliphatic heterocycles. The first-order valence-electron chi connectivity index (χ1n) is 7.38.